The molecule has 10 N–H and O–H groups in total. The van der Waals surface area contributed by atoms with Gasteiger partial charge in [-0.15, -0.1) is 0 Å². The smallest absolute Gasteiger partial charge is 0.0842 e. The van der Waals surface area contributed by atoms with Gasteiger partial charge in [-0.25, -0.2) is 0 Å². The molecule has 0 radical (unpaired) electrons. The normalized spacial score (nSPS) is 18.1. The molecule has 1 aliphatic heterocycles. The molecule has 1 heterocycles. The summed E-state index contributed by atoms with van der Waals surface area (Å²) in [7, 11) is 1.67. The number of nitrogens with zero attached hydrogens (tertiary/aromatic N) is 1. The molecule has 1 saturated heterocycles. The van der Waals surface area contributed by atoms with Gasteiger partial charge in [-0.1, -0.05) is 454 Å². The summed E-state index contributed by atoms with van der Waals surface area (Å²) in [5.41, 5.74) is 13.6. The van der Waals surface area contributed by atoms with Crippen molar-refractivity contribution in [2.75, 3.05) is 79.6 Å². The van der Waals surface area contributed by atoms with E-state index in [9.17, 15) is 35.7 Å². The highest BCUT2D eigenvalue weighted by molar-refractivity contribution is 9.10. The Hall–Kier alpha value is -7.84. The molecule has 10 aromatic carbocycles. The van der Waals surface area contributed by atoms with Crippen molar-refractivity contribution in [1.82, 2.24) is 4.90 Å². The van der Waals surface area contributed by atoms with E-state index in [2.05, 4.69) is 294 Å². The number of hydrogen-bond donors (Lipinski definition) is 10. The maximum Gasteiger partial charge on any atom is 0.0842 e. The van der Waals surface area contributed by atoms with E-state index >= 15 is 0 Å². The van der Waals surface area contributed by atoms with Gasteiger partial charge >= 0.3 is 0 Å². The predicted molar refractivity (Wildman–Crippen MR) is 596 cm³/mol. The molecule has 0 aromatic heterocycles. The molecule has 4 unspecified atom stereocenters. The highest BCUT2D eigenvalue weighted by Crippen LogP contribution is 2.50. The number of aryl methyl sites for hydroxylation is 1. The van der Waals surface area contributed by atoms with Crippen molar-refractivity contribution in [3.05, 3.63) is 357 Å². The van der Waals surface area contributed by atoms with Crippen molar-refractivity contribution in [1.29, 1.82) is 0 Å². The van der Waals surface area contributed by atoms with Gasteiger partial charge in [-0.05, 0) is 213 Å². The van der Waals surface area contributed by atoms with Crippen LogP contribution in [-0.2, 0) is 33.1 Å². The first-order valence-corrected chi connectivity index (χ1v) is 53.5. The van der Waals surface area contributed by atoms with Gasteiger partial charge in [0.1, 0.15) is 0 Å². The number of morpholine rings is 1. The maximum absolute atomic E-state index is 10.2. The van der Waals surface area contributed by atoms with E-state index in [0.29, 0.717) is 95.4 Å². The number of hydrogen-bond acceptors (Lipinski definition) is 13. The number of methoxy groups -OCH3 is 1. The maximum atomic E-state index is 10.2. The van der Waals surface area contributed by atoms with Crippen LogP contribution in [0.4, 0.5) is 0 Å². The first-order chi connectivity index (χ1) is 67.3. The molecular weight excluding hydrogens is 1810 g/mol. The molecule has 141 heavy (non-hydrogen) atoms. The molecule has 14 atom stereocenters. The second kappa shape index (κ2) is 68.5. The Bertz CT molecular complexity index is 4570. The molecule has 14 heteroatoms. The number of benzene rings is 10. The van der Waals surface area contributed by atoms with Crippen LogP contribution < -0.4 is 0 Å². The third-order valence-corrected chi connectivity index (χ3v) is 30.5. The summed E-state index contributed by atoms with van der Waals surface area (Å²) >= 11 is 3.45. The van der Waals surface area contributed by atoms with Gasteiger partial charge in [0.25, 0.3) is 0 Å². The van der Waals surface area contributed by atoms with Gasteiger partial charge in [0.15, 0.2) is 0 Å². The van der Waals surface area contributed by atoms with Crippen LogP contribution in [0, 0.1) is 94.7 Å². The summed E-state index contributed by atoms with van der Waals surface area (Å²) in [5.74, 6) is 7.88. The molecule has 3 aliphatic rings. The first kappa shape index (κ1) is 125. The van der Waals surface area contributed by atoms with Gasteiger partial charge in [0, 0.05) is 73.1 Å². The van der Waals surface area contributed by atoms with Crippen molar-refractivity contribution in [3.63, 3.8) is 0 Å². The van der Waals surface area contributed by atoms with Gasteiger partial charge in [0.05, 0.1) is 63.6 Å². The Morgan fingerprint density at radius 2 is 0.730 bits per heavy atom. The molecule has 2 aliphatic carbocycles. The number of fused-ring (bicyclic) bond motifs is 1. The minimum absolute atomic E-state index is 0.0216. The summed E-state index contributed by atoms with van der Waals surface area (Å²) < 4.78 is 11.7. The van der Waals surface area contributed by atoms with Crippen LogP contribution in [-0.4, -0.2) is 142 Å². The van der Waals surface area contributed by atoms with Crippen LogP contribution in [0.15, 0.2) is 296 Å². The van der Waals surface area contributed by atoms with Crippen LogP contribution in [0.1, 0.15) is 288 Å². The second-order valence-corrected chi connectivity index (χ2v) is 43.6. The van der Waals surface area contributed by atoms with Gasteiger partial charge in [-0.2, -0.15) is 0 Å². The van der Waals surface area contributed by atoms with Crippen LogP contribution in [0.3, 0.4) is 0 Å². The fourth-order valence-corrected chi connectivity index (χ4v) is 19.0. The Morgan fingerprint density at radius 1 is 0.369 bits per heavy atom. The lowest BCUT2D eigenvalue weighted by molar-refractivity contribution is -0.00685. The third-order valence-electron chi connectivity index (χ3n) is 29.9. The van der Waals surface area contributed by atoms with E-state index in [1.165, 1.54) is 51.9 Å². The van der Waals surface area contributed by atoms with Gasteiger partial charge in [-0.3, -0.25) is 4.90 Å². The lowest BCUT2D eigenvalue weighted by Gasteiger charge is -2.49. The molecular formula is C127H188BrNO12. The summed E-state index contributed by atoms with van der Waals surface area (Å²) in [5, 5.41) is 96.1. The number of aliphatic hydroxyl groups is 10. The van der Waals surface area contributed by atoms with Crippen LogP contribution in [0.2, 0.25) is 0 Å². The molecule has 13 nitrogen and oxygen atoms in total. The predicted octanol–water partition coefficient (Wildman–Crippen LogP) is 27.8. The molecule has 1 saturated carbocycles. The molecule has 2 fully saturated rings. The second-order valence-electron chi connectivity index (χ2n) is 42.7. The van der Waals surface area contributed by atoms with E-state index in [0.717, 1.165) is 85.1 Å². The zero-order valence-corrected chi connectivity index (χ0v) is 92.3. The number of rotatable bonds is 35. The molecule has 0 amide bonds. The highest BCUT2D eigenvalue weighted by Gasteiger charge is 2.47. The zero-order chi connectivity index (χ0) is 105. The van der Waals surface area contributed by atoms with E-state index in [1.807, 2.05) is 178 Å². The monoisotopic (exact) mass is 2000 g/mol. The van der Waals surface area contributed by atoms with Crippen molar-refractivity contribution in [2.45, 2.75) is 257 Å². The van der Waals surface area contributed by atoms with Crippen LogP contribution in [0.5, 0.6) is 0 Å². The van der Waals surface area contributed by atoms with E-state index in [1.54, 1.807) is 7.11 Å². The van der Waals surface area contributed by atoms with Crippen LogP contribution >= 0.6 is 15.9 Å². The Morgan fingerprint density at radius 3 is 1.06 bits per heavy atom. The molecule has 0 spiro atoms. The minimum Gasteiger partial charge on any atom is -0.396 e. The third kappa shape index (κ3) is 43.0. The van der Waals surface area contributed by atoms with Gasteiger partial charge < -0.3 is 60.5 Å². The number of aliphatic hydroxyl groups excluding tert-OH is 10. The fourth-order valence-electron chi connectivity index (χ4n) is 18.7. The molecule has 13 rings (SSSR count). The summed E-state index contributed by atoms with van der Waals surface area (Å²) in [4.78, 5) is 2.53. The van der Waals surface area contributed by atoms with Crippen molar-refractivity contribution >= 4 is 15.9 Å². The van der Waals surface area contributed by atoms with E-state index < -0.39 is 12.2 Å². The fraction of sp³-hybridized carbons (Fsp3) is 0.528. The molecule has 10 aromatic rings. The number of ether oxygens (including phenoxy) is 2. The van der Waals surface area contributed by atoms with Crippen molar-refractivity contribution in [3.8, 4) is 0 Å². The Labute approximate surface area is 863 Å². The summed E-state index contributed by atoms with van der Waals surface area (Å²) in [6, 6.07) is 97.9. The van der Waals surface area contributed by atoms with E-state index in [-0.39, 0.29) is 85.8 Å². The molecule has 0 bridgehead atoms. The molecule has 780 valence electrons. The largest absolute Gasteiger partial charge is 0.396 e. The standard InChI is InChI=1S/C16H25NO.C13H17BrO.C13H20O2.C13H18O.C13H20O.C12H18O2.3C12H18O.C11H16O/c1-14(2)16(15-6-4-3-5-7-15)8-9-17-10-12-18-13-11-17;1-9(2)13(7-12(15)8-13)10-3-5-11(14)6-4-10;1-10(2)12(9-15-3)13(14)11-7-5-4-6-8-11;1-10(2)13(9-14)8-7-11-5-3-4-6-12(11)13;1-10(2)13(9-14)11(3)12-7-5-4-6-8-12;1-9(2)11(8-13)12(14)10-6-4-3-5-7-10;2*1-9(2)10(3)12(13)11-7-5-4-6-8-11;1-10(2)12(9-13)8-11-6-4-3-5-7-11;1-9(2)11(8-12)10-6-4-3-5-7-10/h3-7,14,16H,8-13H2,1-2H3;3-6,9,12,15H,7-8H2,1-2H3;4-8,10,12-14H,9H2,1-3H3;3-6,10,14H,7-9H2,1-2H3;4-8,10-11,13-14H,9H2,1-3H3;3-7,9,11-14H,8H2,1-2H3;2*4-10,12-13H,1-3H3;3-7,10,12-13H,8-9H2,1-2H3;3-7,9,11-12H,8H2,1-2H3/t;;12-,13?;;11-,13-;11-,12?;10-,12+;10-,12-;12-;11-/m..1.010000/s1. The quantitative estimate of drug-likeness (QED) is 0.0179. The zero-order valence-electron chi connectivity index (χ0n) is 90.7. The summed E-state index contributed by atoms with van der Waals surface area (Å²) in [6.45, 7) is 56.5. The average molecular weight is 2000 g/mol. The first-order valence-electron chi connectivity index (χ1n) is 52.7. The number of halogens is 1. The van der Waals surface area contributed by atoms with Crippen molar-refractivity contribution in [2.24, 2.45) is 94.7 Å². The van der Waals surface area contributed by atoms with Crippen LogP contribution in [0.25, 0.3) is 0 Å². The Kier molecular flexibility index (Phi) is 61.0. The average Bonchev–Trinajstić information content (AvgIpc) is 1.37. The topological polar surface area (TPSA) is 224 Å². The highest BCUT2D eigenvalue weighted by atomic mass is 79.9. The lowest BCUT2D eigenvalue weighted by Crippen LogP contribution is -2.48. The minimum atomic E-state index is -0.568. The van der Waals surface area contributed by atoms with E-state index in [4.69, 9.17) is 24.8 Å². The lowest BCUT2D eigenvalue weighted by atomic mass is 9.57. The summed E-state index contributed by atoms with van der Waals surface area (Å²) in [6.07, 6.45) is 4.50. The Balaban J connectivity index is 0.000000327. The van der Waals surface area contributed by atoms with Crippen molar-refractivity contribution < 1.29 is 60.5 Å². The SMILES string of the molecule is CC(C)C(CCN1CCOCC1)c1ccccc1.CC(C)C1(CO)CCc2ccccc21.CC(C)C1(c2ccc(Br)cc2)CC(O)C1.CC(C)[C@@H](CO)C(O)c1ccccc1.CC(C)[C@H](C)[C@@H](O)c1ccccc1.CC(C)[C@H](C)[C@H](O)c1ccccc1.CC(C)[C@H](CO)Cc1ccccc1.CC(C)[C@H](CO)[C@@H](C)c1ccccc1.CC(C)[C@H](CO)c1ccccc1.COC[C@H](C(C)C)C(O)c1ccccc1. The van der Waals surface area contributed by atoms with Gasteiger partial charge in [0.2, 0.25) is 0 Å².